The molecule has 1 heterocycles. The van der Waals surface area contributed by atoms with Gasteiger partial charge in [0.15, 0.2) is 11.5 Å². The molecule has 0 amide bonds. The number of benzene rings is 4. The third-order valence-electron chi connectivity index (χ3n) is 7.74. The predicted molar refractivity (Wildman–Crippen MR) is 155 cm³/mol. The topological polar surface area (TPSA) is 113 Å². The first-order valence-electron chi connectivity index (χ1n) is 14.2. The zero-order valence-electron chi connectivity index (χ0n) is 23.8. The van der Waals surface area contributed by atoms with Crippen molar-refractivity contribution in [3.63, 3.8) is 0 Å². The maximum atomic E-state index is 13.5. The van der Waals surface area contributed by atoms with E-state index in [9.17, 15) is 4.79 Å². The lowest BCUT2D eigenvalue weighted by atomic mass is 9.79. The van der Waals surface area contributed by atoms with Gasteiger partial charge in [-0.25, -0.2) is 18.6 Å². The van der Waals surface area contributed by atoms with Crippen molar-refractivity contribution in [2.45, 2.75) is 38.5 Å². The van der Waals surface area contributed by atoms with Crippen molar-refractivity contribution in [3.05, 3.63) is 144 Å². The number of aryl methyl sites for hydroxylation is 1. The molecule has 1 atom stereocenters. The Hall–Kier alpha value is -4.17. The molecule has 0 spiro atoms. The minimum atomic E-state index is -4.94. The number of halogens is 1. The molecule has 1 aliphatic rings. The van der Waals surface area contributed by atoms with E-state index in [1.807, 2.05) is 30.3 Å². The summed E-state index contributed by atoms with van der Waals surface area (Å²) < 4.78 is 36.4. The summed E-state index contributed by atoms with van der Waals surface area (Å²) in [6, 6.07) is 42.3. The normalized spacial score (nSPS) is 14.3. The van der Waals surface area contributed by atoms with Crippen LogP contribution in [-0.4, -0.2) is 5.78 Å². The lowest BCUT2D eigenvalue weighted by Crippen LogP contribution is -2.68. The zero-order chi connectivity index (χ0) is 30.4. The first kappa shape index (κ1) is 30.3. The second-order valence-electron chi connectivity index (χ2n) is 10.7. The summed E-state index contributed by atoms with van der Waals surface area (Å²) in [5, 5.41) is 0. The fourth-order valence-corrected chi connectivity index (χ4v) is 5.88. The van der Waals surface area contributed by atoms with Gasteiger partial charge in [0.05, 0.1) is 5.92 Å². The van der Waals surface area contributed by atoms with Crippen molar-refractivity contribution >= 4 is 5.78 Å². The minimum absolute atomic E-state index is 0.138. The van der Waals surface area contributed by atoms with Crippen LogP contribution in [0.4, 0.5) is 0 Å². The van der Waals surface area contributed by atoms with Crippen LogP contribution in [0.5, 0.6) is 0 Å². The molecule has 6 nitrogen and oxygen atoms in total. The van der Waals surface area contributed by atoms with Crippen LogP contribution in [0.2, 0.25) is 0 Å². The third-order valence-corrected chi connectivity index (χ3v) is 7.74. The minimum Gasteiger partial charge on any atom is -0.294 e. The molecule has 0 saturated carbocycles. The molecule has 7 heteroatoms. The number of hydrogen-bond donors (Lipinski definition) is 0. The Morgan fingerprint density at radius 3 is 1.88 bits per heavy atom. The SMILES string of the molecule is Cc1ccc(-[n+]2c(-c3ccccc3)cc(-c3ccccc3)c3c2C(CC(=O)c2ccccc2)CCC3)cc1.[O-][Cl+3]([O-])([O-])[O-]. The maximum absolute atomic E-state index is 13.5. The van der Waals surface area contributed by atoms with Crippen molar-refractivity contribution in [3.8, 4) is 28.1 Å². The van der Waals surface area contributed by atoms with Gasteiger partial charge in [-0.15, -0.1) is 10.2 Å². The second-order valence-corrected chi connectivity index (χ2v) is 11.4. The number of aromatic nitrogens is 1. The highest BCUT2D eigenvalue weighted by Crippen LogP contribution is 2.40. The van der Waals surface area contributed by atoms with Crippen LogP contribution in [-0.2, 0) is 6.42 Å². The van der Waals surface area contributed by atoms with E-state index < -0.39 is 10.2 Å². The Balaban J connectivity index is 0.000000682. The number of carbonyl (C=O) groups excluding carboxylic acids is 1. The fourth-order valence-electron chi connectivity index (χ4n) is 5.88. The molecule has 1 aliphatic carbocycles. The zero-order valence-corrected chi connectivity index (χ0v) is 24.6. The van der Waals surface area contributed by atoms with E-state index in [-0.39, 0.29) is 11.7 Å². The Morgan fingerprint density at radius 2 is 1.30 bits per heavy atom. The average Bonchev–Trinajstić information content (AvgIpc) is 3.01. The Bertz CT molecular complexity index is 1660. The Labute approximate surface area is 253 Å². The number of nitrogens with zero attached hydrogens (tertiary/aromatic N) is 1. The van der Waals surface area contributed by atoms with Gasteiger partial charge < -0.3 is 0 Å². The van der Waals surface area contributed by atoms with Crippen molar-refractivity contribution in [2.24, 2.45) is 0 Å². The fraction of sp³-hybridized carbons (Fsp3) is 0.167. The van der Waals surface area contributed by atoms with E-state index in [0.717, 1.165) is 36.2 Å². The maximum Gasteiger partial charge on any atom is 0.219 e. The largest absolute Gasteiger partial charge is 0.294 e. The molecular weight excluding hydrogens is 562 g/mol. The summed E-state index contributed by atoms with van der Waals surface area (Å²) in [7, 11) is -4.94. The molecule has 0 radical (unpaired) electrons. The quantitative estimate of drug-likeness (QED) is 0.221. The molecule has 5 aromatic rings. The van der Waals surface area contributed by atoms with E-state index in [2.05, 4.69) is 102 Å². The highest BCUT2D eigenvalue weighted by molar-refractivity contribution is 5.96. The number of pyridine rings is 1. The summed E-state index contributed by atoms with van der Waals surface area (Å²) in [5.74, 6) is 0.351. The van der Waals surface area contributed by atoms with Crippen LogP contribution in [0.3, 0.4) is 0 Å². The first-order valence-corrected chi connectivity index (χ1v) is 15.4. The van der Waals surface area contributed by atoms with Crippen molar-refractivity contribution in [1.82, 2.24) is 0 Å². The Morgan fingerprint density at radius 1 is 0.767 bits per heavy atom. The molecule has 0 bridgehead atoms. The van der Waals surface area contributed by atoms with Gasteiger partial charge in [0.2, 0.25) is 11.4 Å². The van der Waals surface area contributed by atoms with Gasteiger partial charge in [0.25, 0.3) is 0 Å². The second kappa shape index (κ2) is 13.4. The molecule has 6 rings (SSSR count). The number of Topliss-reactive ketones (excluding diaryl/α,β-unsaturated/α-hetero) is 1. The summed E-state index contributed by atoms with van der Waals surface area (Å²) >= 11 is 0. The van der Waals surface area contributed by atoms with E-state index in [1.54, 1.807) is 0 Å². The highest BCUT2D eigenvalue weighted by Gasteiger charge is 2.37. The third kappa shape index (κ3) is 7.62. The highest BCUT2D eigenvalue weighted by atomic mass is 35.7. The number of hydrogen-bond acceptors (Lipinski definition) is 5. The van der Waals surface area contributed by atoms with Crippen molar-refractivity contribution < 1.29 is 38.2 Å². The van der Waals surface area contributed by atoms with Gasteiger partial charge >= 0.3 is 0 Å². The van der Waals surface area contributed by atoms with Crippen LogP contribution in [0, 0.1) is 17.2 Å². The van der Waals surface area contributed by atoms with Crippen molar-refractivity contribution in [2.75, 3.05) is 0 Å². The van der Waals surface area contributed by atoms with Gasteiger partial charge in [-0.05, 0) is 49.4 Å². The summed E-state index contributed by atoms with van der Waals surface area (Å²) in [4.78, 5) is 13.5. The Kier molecular flexibility index (Phi) is 9.46. The molecule has 1 unspecified atom stereocenters. The summed E-state index contributed by atoms with van der Waals surface area (Å²) in [6.07, 6.45) is 3.61. The number of ketones is 1. The van der Waals surface area contributed by atoms with Crippen LogP contribution in [0.25, 0.3) is 28.1 Å². The molecule has 0 saturated heterocycles. The molecule has 4 aromatic carbocycles. The number of fused-ring (bicyclic) bond motifs is 1. The van der Waals surface area contributed by atoms with E-state index in [1.165, 1.54) is 33.5 Å². The lowest BCUT2D eigenvalue weighted by Gasteiger charge is -2.26. The van der Waals surface area contributed by atoms with Crippen LogP contribution >= 0.6 is 0 Å². The van der Waals surface area contributed by atoms with E-state index in [0.29, 0.717) is 6.42 Å². The standard InChI is InChI=1S/C36H32NO.ClHO4/c1-26-20-22-31(23-21-26)37-34(28-14-7-3-8-15-28)25-33(27-12-5-2-6-13-27)32-19-11-18-30(36(32)37)24-35(38)29-16-9-4-10-17-29;2-1(3,4)5/h2-10,12-17,20-23,25,30H,11,18-19,24H2,1H3;(H,2,3,4,5)/q+1;/p-1. The summed E-state index contributed by atoms with van der Waals surface area (Å²) in [6.45, 7) is 2.13. The average molecular weight is 594 g/mol. The smallest absolute Gasteiger partial charge is 0.219 e. The van der Waals surface area contributed by atoms with E-state index in [4.69, 9.17) is 18.6 Å². The van der Waals surface area contributed by atoms with Gasteiger partial charge in [-0.1, -0.05) is 96.6 Å². The molecule has 218 valence electrons. The van der Waals surface area contributed by atoms with Crippen LogP contribution in [0.1, 0.15) is 52.4 Å². The van der Waals surface area contributed by atoms with Crippen molar-refractivity contribution in [1.29, 1.82) is 0 Å². The van der Waals surface area contributed by atoms with Gasteiger partial charge in [-0.3, -0.25) is 4.79 Å². The molecule has 43 heavy (non-hydrogen) atoms. The molecule has 0 fully saturated rings. The monoisotopic (exact) mass is 593 g/mol. The van der Waals surface area contributed by atoms with Crippen LogP contribution < -0.4 is 23.2 Å². The molecular formula is C36H32ClNO5. The predicted octanol–water partition coefficient (Wildman–Crippen LogP) is 3.54. The van der Waals surface area contributed by atoms with E-state index >= 15 is 0 Å². The van der Waals surface area contributed by atoms with Gasteiger partial charge in [0, 0.05) is 41.3 Å². The summed E-state index contributed by atoms with van der Waals surface area (Å²) in [5.41, 5.74) is 10.7. The number of carbonyl (C=O) groups is 1. The molecule has 0 aliphatic heterocycles. The first-order chi connectivity index (χ1) is 20.7. The van der Waals surface area contributed by atoms with Gasteiger partial charge in [-0.2, -0.15) is 4.57 Å². The number of rotatable bonds is 6. The molecule has 0 N–H and O–H groups in total. The lowest BCUT2D eigenvalue weighted by molar-refractivity contribution is -2.00. The van der Waals surface area contributed by atoms with Gasteiger partial charge in [0.1, 0.15) is 0 Å². The molecule has 1 aromatic heterocycles. The van der Waals surface area contributed by atoms with Crippen LogP contribution in [0.15, 0.2) is 121 Å².